The second-order valence-electron chi connectivity index (χ2n) is 3.03. The van der Waals surface area contributed by atoms with Crippen LogP contribution in [0.1, 0.15) is 5.56 Å². The summed E-state index contributed by atoms with van der Waals surface area (Å²) in [5.41, 5.74) is 1.28. The van der Waals surface area contributed by atoms with Crippen molar-refractivity contribution in [2.24, 2.45) is 0 Å². The molecule has 2 heterocycles. The number of thiophene rings is 1. The van der Waals surface area contributed by atoms with E-state index >= 15 is 0 Å². The zero-order chi connectivity index (χ0) is 10.5. The Hall–Kier alpha value is -1.49. The first-order chi connectivity index (χ1) is 7.34. The smallest absolute Gasteiger partial charge is 0.217 e. The number of rotatable bonds is 4. The molecule has 0 radical (unpaired) electrons. The van der Waals surface area contributed by atoms with Gasteiger partial charge in [-0.25, -0.2) is 9.97 Å². The van der Waals surface area contributed by atoms with Crippen molar-refractivity contribution in [2.75, 3.05) is 11.9 Å². The van der Waals surface area contributed by atoms with Gasteiger partial charge < -0.3 is 5.32 Å². The fourth-order valence-corrected chi connectivity index (χ4v) is 1.90. The van der Waals surface area contributed by atoms with Gasteiger partial charge in [-0.2, -0.15) is 15.7 Å². The fourth-order valence-electron chi connectivity index (χ4n) is 1.20. The molecule has 0 aliphatic carbocycles. The van der Waals surface area contributed by atoms with Crippen molar-refractivity contribution >= 4 is 17.2 Å². The van der Waals surface area contributed by atoms with Gasteiger partial charge in [0.2, 0.25) is 5.95 Å². The van der Waals surface area contributed by atoms with Gasteiger partial charge in [-0.05, 0) is 28.8 Å². The maximum absolute atomic E-state index is 12.7. The van der Waals surface area contributed by atoms with Crippen molar-refractivity contribution in [2.45, 2.75) is 6.42 Å². The Morgan fingerprint density at radius 2 is 2.33 bits per heavy atom. The molecule has 0 aliphatic heterocycles. The van der Waals surface area contributed by atoms with E-state index in [1.54, 1.807) is 11.3 Å². The van der Waals surface area contributed by atoms with Crippen LogP contribution < -0.4 is 5.32 Å². The summed E-state index contributed by atoms with van der Waals surface area (Å²) in [5, 5.41) is 7.18. The van der Waals surface area contributed by atoms with Crippen LogP contribution in [0.5, 0.6) is 0 Å². The van der Waals surface area contributed by atoms with Gasteiger partial charge in [0.05, 0.1) is 0 Å². The van der Waals surface area contributed by atoms with Crippen molar-refractivity contribution < 1.29 is 4.39 Å². The lowest BCUT2D eigenvalue weighted by Gasteiger charge is -2.03. The first-order valence-electron chi connectivity index (χ1n) is 4.57. The van der Waals surface area contributed by atoms with E-state index in [9.17, 15) is 4.39 Å². The lowest BCUT2D eigenvalue weighted by molar-refractivity contribution is 0.580. The Balaban J connectivity index is 1.83. The number of aromatic nitrogens is 2. The third-order valence-corrected chi connectivity index (χ3v) is 2.67. The summed E-state index contributed by atoms with van der Waals surface area (Å²) in [4.78, 5) is 7.28. The normalized spacial score (nSPS) is 10.2. The largest absolute Gasteiger partial charge is 0.370 e. The van der Waals surface area contributed by atoms with E-state index in [0.717, 1.165) is 13.0 Å². The zero-order valence-electron chi connectivity index (χ0n) is 7.98. The van der Waals surface area contributed by atoms with Gasteiger partial charge in [-0.15, -0.1) is 0 Å². The Bertz CT molecular complexity index is 416. The number of halogens is 1. The molecule has 0 unspecified atom stereocenters. The van der Waals surface area contributed by atoms with Crippen molar-refractivity contribution in [3.8, 4) is 0 Å². The molecule has 5 heteroatoms. The van der Waals surface area contributed by atoms with Crippen molar-refractivity contribution in [1.82, 2.24) is 9.97 Å². The average Bonchev–Trinajstić information content (AvgIpc) is 2.71. The number of hydrogen-bond donors (Lipinski definition) is 1. The molecule has 78 valence electrons. The first kappa shape index (κ1) is 10.0. The van der Waals surface area contributed by atoms with Crippen LogP contribution in [0, 0.1) is 5.95 Å². The van der Waals surface area contributed by atoms with Crippen molar-refractivity contribution in [3.05, 3.63) is 40.7 Å². The molecule has 0 amide bonds. The standard InChI is InChI=1S/C10H10FN3S/c11-9-5-10(14-7-13-9)12-3-1-8-2-4-15-6-8/h2,4-7H,1,3H2,(H,12,13,14). The van der Waals surface area contributed by atoms with Crippen LogP contribution in [0.15, 0.2) is 29.2 Å². The van der Waals surface area contributed by atoms with E-state index in [4.69, 9.17) is 0 Å². The predicted octanol–water partition coefficient (Wildman–Crippen LogP) is 2.33. The topological polar surface area (TPSA) is 37.8 Å². The third-order valence-electron chi connectivity index (χ3n) is 1.93. The van der Waals surface area contributed by atoms with Crippen LogP contribution in [0.4, 0.5) is 10.2 Å². The molecule has 0 aliphatic rings. The minimum Gasteiger partial charge on any atom is -0.370 e. The molecule has 1 N–H and O–H groups in total. The predicted molar refractivity (Wildman–Crippen MR) is 58.5 cm³/mol. The fraction of sp³-hybridized carbons (Fsp3) is 0.200. The van der Waals surface area contributed by atoms with Gasteiger partial charge >= 0.3 is 0 Å². The zero-order valence-corrected chi connectivity index (χ0v) is 8.80. The summed E-state index contributed by atoms with van der Waals surface area (Å²) in [6, 6.07) is 3.36. The number of nitrogens with zero attached hydrogens (tertiary/aromatic N) is 2. The van der Waals surface area contributed by atoms with Crippen LogP contribution in [0.3, 0.4) is 0 Å². The van der Waals surface area contributed by atoms with E-state index in [0.29, 0.717) is 5.82 Å². The van der Waals surface area contributed by atoms with Crippen LogP contribution in [-0.4, -0.2) is 16.5 Å². The molecule has 2 aromatic heterocycles. The van der Waals surface area contributed by atoms with Gasteiger partial charge in [0, 0.05) is 12.6 Å². The number of anilines is 1. The van der Waals surface area contributed by atoms with E-state index in [1.165, 1.54) is 18.0 Å². The molecule has 0 saturated carbocycles. The first-order valence-corrected chi connectivity index (χ1v) is 5.51. The van der Waals surface area contributed by atoms with Gasteiger partial charge in [0.1, 0.15) is 12.1 Å². The highest BCUT2D eigenvalue weighted by Crippen LogP contribution is 2.07. The SMILES string of the molecule is Fc1cc(NCCc2ccsc2)ncn1. The quantitative estimate of drug-likeness (QED) is 0.808. The Kier molecular flexibility index (Phi) is 3.24. The lowest BCUT2D eigenvalue weighted by Crippen LogP contribution is -2.06. The summed E-state index contributed by atoms with van der Waals surface area (Å²) in [6.07, 6.45) is 2.12. The van der Waals surface area contributed by atoms with Gasteiger partial charge in [0.15, 0.2) is 0 Å². The maximum Gasteiger partial charge on any atom is 0.217 e. The highest BCUT2D eigenvalue weighted by molar-refractivity contribution is 7.07. The van der Waals surface area contributed by atoms with Crippen LogP contribution in [0.25, 0.3) is 0 Å². The summed E-state index contributed by atoms with van der Waals surface area (Å²) in [6.45, 7) is 0.743. The lowest BCUT2D eigenvalue weighted by atomic mass is 10.2. The summed E-state index contributed by atoms with van der Waals surface area (Å²) >= 11 is 1.67. The van der Waals surface area contributed by atoms with Crippen molar-refractivity contribution in [3.63, 3.8) is 0 Å². The molecule has 2 rings (SSSR count). The molecule has 0 atom stereocenters. The molecule has 0 fully saturated rings. The van der Waals surface area contributed by atoms with Crippen LogP contribution in [0.2, 0.25) is 0 Å². The van der Waals surface area contributed by atoms with Crippen LogP contribution >= 0.6 is 11.3 Å². The average molecular weight is 223 g/mol. The van der Waals surface area contributed by atoms with E-state index < -0.39 is 5.95 Å². The minimum absolute atomic E-state index is 0.511. The van der Waals surface area contributed by atoms with Crippen molar-refractivity contribution in [1.29, 1.82) is 0 Å². The Morgan fingerprint density at radius 1 is 1.40 bits per heavy atom. The summed E-state index contributed by atoms with van der Waals surface area (Å²) in [7, 11) is 0. The summed E-state index contributed by atoms with van der Waals surface area (Å²) in [5.74, 6) is 0.0146. The molecule has 0 spiro atoms. The third kappa shape index (κ3) is 2.99. The number of nitrogens with one attached hydrogen (secondary N) is 1. The van der Waals surface area contributed by atoms with Crippen LogP contribution in [-0.2, 0) is 6.42 Å². The van der Waals surface area contributed by atoms with E-state index in [-0.39, 0.29) is 0 Å². The molecule has 0 bridgehead atoms. The second-order valence-corrected chi connectivity index (χ2v) is 3.81. The minimum atomic E-state index is -0.511. The molecular weight excluding hydrogens is 213 g/mol. The molecular formula is C10H10FN3S. The maximum atomic E-state index is 12.7. The Labute approximate surface area is 91.0 Å². The molecule has 15 heavy (non-hydrogen) atoms. The molecule has 0 saturated heterocycles. The van der Waals surface area contributed by atoms with Gasteiger partial charge in [-0.3, -0.25) is 0 Å². The number of hydrogen-bond acceptors (Lipinski definition) is 4. The van der Waals surface area contributed by atoms with Gasteiger partial charge in [-0.1, -0.05) is 0 Å². The van der Waals surface area contributed by atoms with E-state index in [2.05, 4.69) is 26.7 Å². The summed E-state index contributed by atoms with van der Waals surface area (Å²) < 4.78 is 12.7. The molecule has 0 aromatic carbocycles. The highest BCUT2D eigenvalue weighted by atomic mass is 32.1. The Morgan fingerprint density at radius 3 is 3.07 bits per heavy atom. The van der Waals surface area contributed by atoms with Gasteiger partial charge in [0.25, 0.3) is 0 Å². The monoisotopic (exact) mass is 223 g/mol. The second kappa shape index (κ2) is 4.84. The molecule has 3 nitrogen and oxygen atoms in total. The van der Waals surface area contributed by atoms with E-state index in [1.807, 2.05) is 5.38 Å². The molecule has 2 aromatic rings. The highest BCUT2D eigenvalue weighted by Gasteiger charge is 1.97.